The third-order valence-electron chi connectivity index (χ3n) is 1.84. The van der Waals surface area contributed by atoms with E-state index in [0.29, 0.717) is 23.8 Å². The van der Waals surface area contributed by atoms with Crippen LogP contribution in [-0.2, 0) is 0 Å². The Bertz CT molecular complexity index is 437. The molecule has 0 aliphatic heterocycles. The number of nitrogens with zero attached hydrogens (tertiary/aromatic N) is 3. The summed E-state index contributed by atoms with van der Waals surface area (Å²) in [5, 5.41) is 5.66. The van der Waals surface area contributed by atoms with E-state index in [9.17, 15) is 0 Å². The second-order valence-electron chi connectivity index (χ2n) is 2.96. The molecule has 0 aliphatic rings. The normalized spacial score (nSPS) is 12.6. The number of nitrogens with two attached hydrogens (primary N) is 1. The van der Waals surface area contributed by atoms with Crippen molar-refractivity contribution in [1.29, 1.82) is 0 Å². The second-order valence-corrected chi connectivity index (χ2v) is 3.68. The summed E-state index contributed by atoms with van der Waals surface area (Å²) >= 11 is 1.48. The summed E-state index contributed by atoms with van der Waals surface area (Å²) in [5.74, 6) is 0.892. The molecule has 0 aromatic carbocycles. The minimum Gasteiger partial charge on any atom is -0.337 e. The predicted octanol–water partition coefficient (Wildman–Crippen LogP) is 1.77. The summed E-state index contributed by atoms with van der Waals surface area (Å²) < 4.78 is 5.03. The maximum atomic E-state index is 5.79. The van der Waals surface area contributed by atoms with E-state index in [1.165, 1.54) is 11.3 Å². The van der Waals surface area contributed by atoms with Gasteiger partial charge in [0.2, 0.25) is 11.7 Å². The highest BCUT2D eigenvalue weighted by Crippen LogP contribution is 2.18. The van der Waals surface area contributed by atoms with Crippen LogP contribution in [-0.4, -0.2) is 15.1 Å². The number of hydrogen-bond acceptors (Lipinski definition) is 6. The van der Waals surface area contributed by atoms with E-state index in [0.717, 1.165) is 0 Å². The molecule has 1 atom stereocenters. The smallest absolute Gasteiger partial charge is 0.244 e. The summed E-state index contributed by atoms with van der Waals surface area (Å²) in [6, 6.07) is -0.289. The molecule has 6 heteroatoms. The van der Waals surface area contributed by atoms with Crippen molar-refractivity contribution in [2.45, 2.75) is 12.5 Å². The molecule has 0 amide bonds. The Balaban J connectivity index is 2.20. The van der Waals surface area contributed by atoms with Gasteiger partial charge in [-0.3, -0.25) is 0 Å². The molecule has 0 radical (unpaired) electrons. The zero-order chi connectivity index (χ0) is 10.7. The predicted molar refractivity (Wildman–Crippen MR) is 57.1 cm³/mol. The quantitative estimate of drug-likeness (QED) is 0.797. The van der Waals surface area contributed by atoms with E-state index >= 15 is 0 Å². The van der Waals surface area contributed by atoms with Crippen LogP contribution in [0, 0.1) is 0 Å². The summed E-state index contributed by atoms with van der Waals surface area (Å²) in [6.07, 6.45) is 2.33. The minimum atomic E-state index is -0.289. The van der Waals surface area contributed by atoms with Crippen LogP contribution >= 0.6 is 11.3 Å². The van der Waals surface area contributed by atoms with Gasteiger partial charge in [-0.05, 0) is 6.42 Å². The van der Waals surface area contributed by atoms with Crippen molar-refractivity contribution in [3.63, 3.8) is 0 Å². The van der Waals surface area contributed by atoms with E-state index in [-0.39, 0.29) is 6.04 Å². The van der Waals surface area contributed by atoms with Gasteiger partial charge in [0.25, 0.3) is 0 Å². The van der Waals surface area contributed by atoms with E-state index in [2.05, 4.69) is 21.7 Å². The molecular weight excluding hydrogens is 212 g/mol. The lowest BCUT2D eigenvalue weighted by Gasteiger charge is -1.99. The van der Waals surface area contributed by atoms with Crippen LogP contribution in [0.2, 0.25) is 0 Å². The van der Waals surface area contributed by atoms with Gasteiger partial charge in [0.15, 0.2) is 0 Å². The van der Waals surface area contributed by atoms with Crippen LogP contribution in [0.1, 0.15) is 18.4 Å². The van der Waals surface area contributed by atoms with Gasteiger partial charge in [-0.2, -0.15) is 4.98 Å². The van der Waals surface area contributed by atoms with E-state index in [4.69, 9.17) is 10.3 Å². The fourth-order valence-electron chi connectivity index (χ4n) is 1.09. The van der Waals surface area contributed by atoms with Gasteiger partial charge in [0.1, 0.15) is 5.69 Å². The third kappa shape index (κ3) is 2.11. The Morgan fingerprint density at radius 1 is 1.67 bits per heavy atom. The average molecular weight is 222 g/mol. The van der Waals surface area contributed by atoms with Crippen molar-refractivity contribution in [3.8, 4) is 11.5 Å². The van der Waals surface area contributed by atoms with E-state index in [1.54, 1.807) is 11.6 Å². The highest BCUT2D eigenvalue weighted by molar-refractivity contribution is 7.07. The van der Waals surface area contributed by atoms with Gasteiger partial charge in [0.05, 0.1) is 11.6 Å². The molecule has 2 aromatic rings. The molecule has 2 rings (SSSR count). The molecule has 2 aromatic heterocycles. The van der Waals surface area contributed by atoms with Crippen LogP contribution in [0.25, 0.3) is 11.5 Å². The average Bonchev–Trinajstić information content (AvgIpc) is 2.89. The van der Waals surface area contributed by atoms with Crippen LogP contribution in [0.3, 0.4) is 0 Å². The standard InChI is InChI=1S/C9H10N4OS/c1-2-3-6(10)9-12-8(13-14-9)7-4-15-5-11-7/h2,4-6H,1,3,10H2. The highest BCUT2D eigenvalue weighted by Gasteiger charge is 2.15. The molecule has 5 nitrogen and oxygen atoms in total. The topological polar surface area (TPSA) is 77.8 Å². The molecule has 0 fully saturated rings. The van der Waals surface area contributed by atoms with Crippen molar-refractivity contribution in [3.05, 3.63) is 29.4 Å². The third-order valence-corrected chi connectivity index (χ3v) is 2.43. The Hall–Kier alpha value is -1.53. The summed E-state index contributed by atoms with van der Waals surface area (Å²) in [6.45, 7) is 3.60. The van der Waals surface area contributed by atoms with E-state index < -0.39 is 0 Å². The van der Waals surface area contributed by atoms with Crippen LogP contribution in [0.5, 0.6) is 0 Å². The fraction of sp³-hybridized carbons (Fsp3) is 0.222. The maximum Gasteiger partial charge on any atom is 0.244 e. The Morgan fingerprint density at radius 3 is 3.20 bits per heavy atom. The number of aromatic nitrogens is 3. The molecule has 2 heterocycles. The lowest BCUT2D eigenvalue weighted by atomic mass is 10.2. The monoisotopic (exact) mass is 222 g/mol. The Kier molecular flexibility index (Phi) is 2.89. The van der Waals surface area contributed by atoms with Crippen LogP contribution in [0.15, 0.2) is 28.1 Å². The molecule has 1 unspecified atom stereocenters. The first-order chi connectivity index (χ1) is 7.31. The Labute approximate surface area is 90.6 Å². The fourth-order valence-corrected chi connectivity index (χ4v) is 1.62. The Morgan fingerprint density at radius 2 is 2.53 bits per heavy atom. The van der Waals surface area contributed by atoms with Gasteiger partial charge >= 0.3 is 0 Å². The number of rotatable bonds is 4. The van der Waals surface area contributed by atoms with Gasteiger partial charge in [0, 0.05) is 5.38 Å². The molecular formula is C9H10N4OS. The van der Waals surface area contributed by atoms with Crippen molar-refractivity contribution >= 4 is 11.3 Å². The number of hydrogen-bond donors (Lipinski definition) is 1. The van der Waals surface area contributed by atoms with Crippen molar-refractivity contribution in [2.24, 2.45) is 5.73 Å². The molecule has 0 bridgehead atoms. The first kappa shape index (κ1) is 10.0. The zero-order valence-corrected chi connectivity index (χ0v) is 8.78. The van der Waals surface area contributed by atoms with E-state index in [1.807, 2.05) is 5.38 Å². The molecule has 0 spiro atoms. The summed E-state index contributed by atoms with van der Waals surface area (Å²) in [5.41, 5.74) is 8.21. The first-order valence-electron chi connectivity index (χ1n) is 4.40. The van der Waals surface area contributed by atoms with Crippen LogP contribution in [0.4, 0.5) is 0 Å². The molecule has 2 N–H and O–H groups in total. The van der Waals surface area contributed by atoms with Gasteiger partial charge in [-0.25, -0.2) is 4.98 Å². The lowest BCUT2D eigenvalue weighted by Crippen LogP contribution is -2.09. The molecule has 78 valence electrons. The van der Waals surface area contributed by atoms with Gasteiger partial charge in [-0.1, -0.05) is 11.2 Å². The largest absolute Gasteiger partial charge is 0.337 e. The first-order valence-corrected chi connectivity index (χ1v) is 5.34. The van der Waals surface area contributed by atoms with Gasteiger partial charge in [-0.15, -0.1) is 17.9 Å². The molecule has 0 saturated heterocycles. The summed E-state index contributed by atoms with van der Waals surface area (Å²) in [4.78, 5) is 8.24. The van der Waals surface area contributed by atoms with Gasteiger partial charge < -0.3 is 10.3 Å². The zero-order valence-electron chi connectivity index (χ0n) is 7.96. The second kappa shape index (κ2) is 4.33. The van der Waals surface area contributed by atoms with Crippen LogP contribution < -0.4 is 5.73 Å². The SMILES string of the molecule is C=CCC(N)c1nc(-c2cscn2)no1. The van der Waals surface area contributed by atoms with Crippen molar-refractivity contribution in [2.75, 3.05) is 0 Å². The summed E-state index contributed by atoms with van der Waals surface area (Å²) in [7, 11) is 0. The number of thiazole rings is 1. The van der Waals surface area contributed by atoms with Crippen molar-refractivity contribution < 1.29 is 4.52 Å². The lowest BCUT2D eigenvalue weighted by molar-refractivity contribution is 0.356. The molecule has 15 heavy (non-hydrogen) atoms. The minimum absolute atomic E-state index is 0.289. The van der Waals surface area contributed by atoms with Crippen molar-refractivity contribution in [1.82, 2.24) is 15.1 Å². The molecule has 0 saturated carbocycles. The maximum absolute atomic E-state index is 5.79. The highest BCUT2D eigenvalue weighted by atomic mass is 32.1. The molecule has 0 aliphatic carbocycles.